The Morgan fingerprint density at radius 3 is 2.78 bits per heavy atom. The highest BCUT2D eigenvalue weighted by Gasteiger charge is 2.29. The first-order valence-electron chi connectivity index (χ1n) is 7.67. The largest absolute Gasteiger partial charge is 0.334 e. The molecule has 2 N–H and O–H groups in total. The molecule has 0 radical (unpaired) electrons. The molecule has 1 aliphatic heterocycles. The summed E-state index contributed by atoms with van der Waals surface area (Å²) in [7, 11) is 0. The average molecular weight is 314 g/mol. The van der Waals surface area contributed by atoms with Gasteiger partial charge in [0.05, 0.1) is 0 Å². The maximum Gasteiger partial charge on any atom is 0.326 e. The van der Waals surface area contributed by atoms with E-state index in [4.69, 9.17) is 0 Å². The van der Waals surface area contributed by atoms with Gasteiger partial charge in [0.1, 0.15) is 5.69 Å². The third-order valence-corrected chi connectivity index (χ3v) is 4.14. The summed E-state index contributed by atoms with van der Waals surface area (Å²) in [6, 6.07) is 5.20. The summed E-state index contributed by atoms with van der Waals surface area (Å²) < 4.78 is 0. The predicted molar refractivity (Wildman–Crippen MR) is 84.3 cm³/mol. The van der Waals surface area contributed by atoms with Crippen molar-refractivity contribution in [2.75, 3.05) is 6.54 Å². The predicted octanol–water partition coefficient (Wildman–Crippen LogP) is 0.696. The Bertz CT molecular complexity index is 768. The van der Waals surface area contributed by atoms with E-state index in [-0.39, 0.29) is 17.6 Å². The van der Waals surface area contributed by atoms with Crippen LogP contribution in [0.1, 0.15) is 35.3 Å². The number of aromatic nitrogens is 3. The van der Waals surface area contributed by atoms with Gasteiger partial charge in [0.25, 0.3) is 11.5 Å². The van der Waals surface area contributed by atoms with Crippen LogP contribution in [-0.2, 0) is 6.42 Å². The quantitative estimate of drug-likeness (QED) is 0.867. The van der Waals surface area contributed by atoms with Gasteiger partial charge in [0.15, 0.2) is 0 Å². The number of carbonyl (C=O) groups excluding carboxylic acids is 1. The zero-order chi connectivity index (χ0) is 16.2. The van der Waals surface area contributed by atoms with E-state index < -0.39 is 11.2 Å². The number of aryl methyl sites for hydroxylation is 1. The van der Waals surface area contributed by atoms with Crippen LogP contribution in [0.4, 0.5) is 0 Å². The van der Waals surface area contributed by atoms with Crippen LogP contribution in [0.3, 0.4) is 0 Å². The first-order valence-corrected chi connectivity index (χ1v) is 7.67. The summed E-state index contributed by atoms with van der Waals surface area (Å²) in [4.78, 5) is 45.5. The fourth-order valence-corrected chi connectivity index (χ4v) is 3.02. The molecule has 120 valence electrons. The molecule has 7 nitrogen and oxygen atoms in total. The molecular weight excluding hydrogens is 296 g/mol. The Morgan fingerprint density at radius 2 is 2.04 bits per heavy atom. The Kier molecular flexibility index (Phi) is 4.36. The number of amides is 1. The van der Waals surface area contributed by atoms with Crippen LogP contribution in [0, 0.1) is 0 Å². The Labute approximate surface area is 132 Å². The summed E-state index contributed by atoms with van der Waals surface area (Å²) in [5, 5.41) is 0. The highest BCUT2D eigenvalue weighted by molar-refractivity contribution is 5.92. The van der Waals surface area contributed by atoms with Gasteiger partial charge in [-0.1, -0.05) is 0 Å². The van der Waals surface area contributed by atoms with Gasteiger partial charge in [-0.25, -0.2) is 4.79 Å². The van der Waals surface area contributed by atoms with Crippen molar-refractivity contribution in [3.05, 3.63) is 62.7 Å². The van der Waals surface area contributed by atoms with Gasteiger partial charge in [0.2, 0.25) is 0 Å². The monoisotopic (exact) mass is 314 g/mol. The number of nitrogens with zero attached hydrogens (tertiary/aromatic N) is 2. The van der Waals surface area contributed by atoms with E-state index in [1.807, 2.05) is 12.1 Å². The van der Waals surface area contributed by atoms with Gasteiger partial charge in [-0.3, -0.25) is 19.6 Å². The van der Waals surface area contributed by atoms with Crippen molar-refractivity contribution in [2.45, 2.75) is 31.7 Å². The fraction of sp³-hybridized carbons (Fsp3) is 0.375. The molecule has 2 aromatic heterocycles. The third kappa shape index (κ3) is 3.56. The summed E-state index contributed by atoms with van der Waals surface area (Å²) >= 11 is 0. The van der Waals surface area contributed by atoms with Gasteiger partial charge < -0.3 is 9.88 Å². The summed E-state index contributed by atoms with van der Waals surface area (Å²) in [5.41, 5.74) is 0.0106. The molecule has 0 spiro atoms. The van der Waals surface area contributed by atoms with E-state index in [2.05, 4.69) is 15.0 Å². The molecule has 7 heteroatoms. The summed E-state index contributed by atoms with van der Waals surface area (Å²) in [6.45, 7) is 0.647. The molecule has 1 amide bonds. The maximum absolute atomic E-state index is 12.6. The van der Waals surface area contributed by atoms with Gasteiger partial charge in [-0.15, -0.1) is 0 Å². The lowest BCUT2D eigenvalue weighted by Gasteiger charge is -2.24. The van der Waals surface area contributed by atoms with Crippen molar-refractivity contribution in [3.8, 4) is 0 Å². The van der Waals surface area contributed by atoms with E-state index in [0.29, 0.717) is 6.54 Å². The molecule has 2 aromatic rings. The number of rotatable bonds is 4. The number of hydrogen-bond acceptors (Lipinski definition) is 4. The highest BCUT2D eigenvalue weighted by atomic mass is 16.2. The topological polar surface area (TPSA) is 98.9 Å². The molecule has 1 atom stereocenters. The number of H-pyrrole nitrogens is 2. The SMILES string of the molecule is O=C(c1cc(=O)[nH]c(=O)[nH]1)N1CCC[C@H]1CCc1ccncc1. The molecular formula is C16H18N4O3. The molecule has 23 heavy (non-hydrogen) atoms. The van der Waals surface area contributed by atoms with Crippen LogP contribution in [0.2, 0.25) is 0 Å². The number of aromatic amines is 2. The van der Waals surface area contributed by atoms with E-state index in [1.165, 1.54) is 5.56 Å². The minimum atomic E-state index is -0.659. The van der Waals surface area contributed by atoms with Crippen LogP contribution in [0.5, 0.6) is 0 Å². The number of nitrogens with one attached hydrogen (secondary N) is 2. The minimum absolute atomic E-state index is 0.0505. The van der Waals surface area contributed by atoms with Crippen LogP contribution in [0.25, 0.3) is 0 Å². The third-order valence-electron chi connectivity index (χ3n) is 4.14. The zero-order valence-corrected chi connectivity index (χ0v) is 12.6. The Balaban J connectivity index is 1.72. The van der Waals surface area contributed by atoms with Crippen molar-refractivity contribution in [1.82, 2.24) is 19.9 Å². The molecule has 0 unspecified atom stereocenters. The second-order valence-electron chi connectivity index (χ2n) is 5.69. The molecule has 0 saturated carbocycles. The molecule has 3 heterocycles. The van der Waals surface area contributed by atoms with Gasteiger partial charge in [-0.05, 0) is 43.4 Å². The Morgan fingerprint density at radius 1 is 1.26 bits per heavy atom. The normalized spacial score (nSPS) is 17.4. The first kappa shape index (κ1) is 15.2. The second kappa shape index (κ2) is 6.60. The average Bonchev–Trinajstić information content (AvgIpc) is 3.00. The van der Waals surface area contributed by atoms with Gasteiger partial charge in [0, 0.05) is 31.0 Å². The van der Waals surface area contributed by atoms with Crippen molar-refractivity contribution in [2.24, 2.45) is 0 Å². The van der Waals surface area contributed by atoms with E-state index in [9.17, 15) is 14.4 Å². The lowest BCUT2D eigenvalue weighted by atomic mass is 10.0. The van der Waals surface area contributed by atoms with Gasteiger partial charge >= 0.3 is 5.69 Å². The molecule has 1 fully saturated rings. The number of likely N-dealkylation sites (tertiary alicyclic amines) is 1. The van der Waals surface area contributed by atoms with E-state index in [1.54, 1.807) is 17.3 Å². The Hall–Kier alpha value is -2.70. The summed E-state index contributed by atoms with van der Waals surface area (Å²) in [6.07, 6.45) is 7.10. The number of hydrogen-bond donors (Lipinski definition) is 2. The van der Waals surface area contributed by atoms with Crippen molar-refractivity contribution in [3.63, 3.8) is 0 Å². The molecule has 0 aromatic carbocycles. The zero-order valence-electron chi connectivity index (χ0n) is 12.6. The van der Waals surface area contributed by atoms with Crippen molar-refractivity contribution >= 4 is 5.91 Å². The smallest absolute Gasteiger partial charge is 0.326 e. The van der Waals surface area contributed by atoms with Crippen molar-refractivity contribution < 1.29 is 4.79 Å². The summed E-state index contributed by atoms with van der Waals surface area (Å²) in [5.74, 6) is -0.287. The van der Waals surface area contributed by atoms with Crippen molar-refractivity contribution in [1.29, 1.82) is 0 Å². The van der Waals surface area contributed by atoms with Crippen LogP contribution < -0.4 is 11.2 Å². The number of pyridine rings is 1. The minimum Gasteiger partial charge on any atom is -0.334 e. The van der Waals surface area contributed by atoms with Crippen LogP contribution in [0.15, 0.2) is 40.2 Å². The van der Waals surface area contributed by atoms with E-state index >= 15 is 0 Å². The van der Waals surface area contributed by atoms with Crippen LogP contribution >= 0.6 is 0 Å². The molecule has 0 bridgehead atoms. The fourth-order valence-electron chi connectivity index (χ4n) is 3.02. The maximum atomic E-state index is 12.6. The second-order valence-corrected chi connectivity index (χ2v) is 5.69. The molecule has 1 aliphatic rings. The first-order chi connectivity index (χ1) is 11.1. The number of carbonyl (C=O) groups is 1. The highest BCUT2D eigenvalue weighted by Crippen LogP contribution is 2.23. The molecule has 1 saturated heterocycles. The lowest BCUT2D eigenvalue weighted by Crippen LogP contribution is -2.38. The van der Waals surface area contributed by atoms with Gasteiger partial charge in [-0.2, -0.15) is 0 Å². The lowest BCUT2D eigenvalue weighted by molar-refractivity contribution is 0.0724. The standard InChI is InChI=1S/C16H18N4O3/c21-14-10-13(18-16(23)19-14)15(22)20-9-1-2-12(20)4-3-11-5-7-17-8-6-11/h5-8,10,12H,1-4,9H2,(H2,18,19,21,23)/t12-/m0/s1. The molecule has 3 rings (SSSR count). The molecule has 0 aliphatic carbocycles. The van der Waals surface area contributed by atoms with Crippen LogP contribution in [-0.4, -0.2) is 38.3 Å². The van der Waals surface area contributed by atoms with E-state index in [0.717, 1.165) is 31.7 Å².